The smallest absolute Gasteiger partial charge is 0.387 e. The molecule has 1 saturated heterocycles. The minimum atomic E-state index is -2.89. The number of guanidine groups is 1. The fourth-order valence-electron chi connectivity index (χ4n) is 3.22. The van der Waals surface area contributed by atoms with E-state index < -0.39 is 6.61 Å². The highest BCUT2D eigenvalue weighted by atomic mass is 19.3. The highest BCUT2D eigenvalue weighted by Gasteiger charge is 2.15. The molecule has 6 nitrogen and oxygen atoms in total. The molecule has 1 aromatic carbocycles. The molecule has 1 aliphatic heterocycles. The number of hydrogen-bond donors (Lipinski definition) is 2. The van der Waals surface area contributed by atoms with Crippen molar-refractivity contribution < 1.29 is 18.3 Å². The first-order valence-electron chi connectivity index (χ1n) is 9.80. The third-order valence-corrected chi connectivity index (χ3v) is 4.95. The van der Waals surface area contributed by atoms with E-state index in [0.717, 1.165) is 31.0 Å². The van der Waals surface area contributed by atoms with E-state index in [9.17, 15) is 8.78 Å². The van der Waals surface area contributed by atoms with Crippen LogP contribution in [0.4, 0.5) is 8.78 Å². The van der Waals surface area contributed by atoms with E-state index in [0.29, 0.717) is 12.5 Å². The summed E-state index contributed by atoms with van der Waals surface area (Å²) in [7, 11) is 3.13. The van der Waals surface area contributed by atoms with Crippen molar-refractivity contribution in [1.82, 2.24) is 15.5 Å². The number of rotatable bonds is 9. The highest BCUT2D eigenvalue weighted by Crippen LogP contribution is 2.29. The van der Waals surface area contributed by atoms with Gasteiger partial charge in [0.15, 0.2) is 17.5 Å². The lowest BCUT2D eigenvalue weighted by atomic mass is 9.99. The fraction of sp³-hybridized carbons (Fsp3) is 0.650. The highest BCUT2D eigenvalue weighted by molar-refractivity contribution is 5.79. The van der Waals surface area contributed by atoms with Crippen LogP contribution in [0.3, 0.4) is 0 Å². The first-order chi connectivity index (χ1) is 13.5. The first kappa shape index (κ1) is 22.2. The molecule has 0 saturated carbocycles. The SMILES string of the molecule is CN=C(NCCCN1CCC(C)CC1)NCc1ccc(OC)c(OC(F)F)c1. The Morgan fingerprint density at radius 1 is 1.25 bits per heavy atom. The van der Waals surface area contributed by atoms with Crippen LogP contribution in [0, 0.1) is 5.92 Å². The van der Waals surface area contributed by atoms with Crippen molar-refractivity contribution in [2.45, 2.75) is 39.3 Å². The molecule has 1 aromatic rings. The lowest BCUT2D eigenvalue weighted by molar-refractivity contribution is -0.0512. The zero-order valence-corrected chi connectivity index (χ0v) is 17.0. The van der Waals surface area contributed by atoms with Crippen LogP contribution < -0.4 is 20.1 Å². The Morgan fingerprint density at radius 2 is 2.00 bits per heavy atom. The van der Waals surface area contributed by atoms with E-state index in [2.05, 4.69) is 32.2 Å². The number of benzene rings is 1. The molecule has 1 heterocycles. The average molecular weight is 398 g/mol. The molecule has 1 fully saturated rings. The van der Waals surface area contributed by atoms with Crippen molar-refractivity contribution in [3.8, 4) is 11.5 Å². The summed E-state index contributed by atoms with van der Waals surface area (Å²) in [5.41, 5.74) is 0.793. The number of alkyl halides is 2. The molecule has 158 valence electrons. The Hall–Kier alpha value is -2.09. The summed E-state index contributed by atoms with van der Waals surface area (Å²) >= 11 is 0. The zero-order valence-electron chi connectivity index (χ0n) is 17.0. The molecular formula is C20H32F2N4O2. The van der Waals surface area contributed by atoms with E-state index >= 15 is 0 Å². The summed E-state index contributed by atoms with van der Waals surface area (Å²) in [6.45, 7) is 4.16. The Morgan fingerprint density at radius 3 is 2.64 bits per heavy atom. The second kappa shape index (κ2) is 11.7. The summed E-state index contributed by atoms with van der Waals surface area (Å²) in [6, 6.07) is 4.96. The molecule has 28 heavy (non-hydrogen) atoms. The molecule has 2 N–H and O–H groups in total. The normalized spacial score (nSPS) is 16.3. The summed E-state index contributed by atoms with van der Waals surface area (Å²) in [5, 5.41) is 6.48. The van der Waals surface area contributed by atoms with Gasteiger partial charge in [-0.15, -0.1) is 0 Å². The molecule has 0 aromatic heterocycles. The summed E-state index contributed by atoms with van der Waals surface area (Å²) in [4.78, 5) is 6.72. The van der Waals surface area contributed by atoms with Gasteiger partial charge in [-0.2, -0.15) is 8.78 Å². The van der Waals surface area contributed by atoms with Gasteiger partial charge in [0, 0.05) is 20.1 Å². The van der Waals surface area contributed by atoms with E-state index in [-0.39, 0.29) is 11.5 Å². The lowest BCUT2D eigenvalue weighted by Crippen LogP contribution is -2.39. The number of nitrogens with zero attached hydrogens (tertiary/aromatic N) is 2. The van der Waals surface area contributed by atoms with E-state index in [4.69, 9.17) is 4.74 Å². The Balaban J connectivity index is 1.74. The van der Waals surface area contributed by atoms with Gasteiger partial charge < -0.3 is 25.0 Å². The number of likely N-dealkylation sites (tertiary alicyclic amines) is 1. The van der Waals surface area contributed by atoms with Crippen LogP contribution in [-0.2, 0) is 6.54 Å². The Bertz CT molecular complexity index is 620. The number of halogens is 2. The van der Waals surface area contributed by atoms with Crippen LogP contribution in [0.1, 0.15) is 31.7 Å². The van der Waals surface area contributed by atoms with Gasteiger partial charge in [0.1, 0.15) is 0 Å². The third kappa shape index (κ3) is 7.50. The van der Waals surface area contributed by atoms with Crippen LogP contribution in [0.15, 0.2) is 23.2 Å². The maximum atomic E-state index is 12.5. The second-order valence-electron chi connectivity index (χ2n) is 7.09. The Labute approximate surface area is 166 Å². The van der Waals surface area contributed by atoms with Gasteiger partial charge in [0.2, 0.25) is 0 Å². The van der Waals surface area contributed by atoms with Crippen LogP contribution in [0.5, 0.6) is 11.5 Å². The molecule has 0 spiro atoms. The van der Waals surface area contributed by atoms with Crippen LogP contribution in [0.2, 0.25) is 0 Å². The minimum Gasteiger partial charge on any atom is -0.493 e. The summed E-state index contributed by atoms with van der Waals surface area (Å²) < 4.78 is 34.6. The van der Waals surface area contributed by atoms with E-state index in [1.165, 1.54) is 33.0 Å². The lowest BCUT2D eigenvalue weighted by Gasteiger charge is -2.30. The molecule has 0 unspecified atom stereocenters. The topological polar surface area (TPSA) is 58.1 Å². The van der Waals surface area contributed by atoms with Crippen molar-refractivity contribution in [2.75, 3.05) is 40.3 Å². The average Bonchev–Trinajstić information content (AvgIpc) is 2.68. The standard InChI is InChI=1S/C20H32F2N4O2/c1-15-7-11-26(12-8-15)10-4-9-24-20(23-2)25-14-16-5-6-17(27-3)18(13-16)28-19(21)22/h5-6,13,15,19H,4,7-12,14H2,1-3H3,(H2,23,24,25). The Kier molecular flexibility index (Phi) is 9.27. The van der Waals surface area contributed by atoms with Crippen LogP contribution in [0.25, 0.3) is 0 Å². The van der Waals surface area contributed by atoms with Gasteiger partial charge in [0.05, 0.1) is 7.11 Å². The van der Waals surface area contributed by atoms with Gasteiger partial charge in [-0.25, -0.2) is 0 Å². The van der Waals surface area contributed by atoms with Gasteiger partial charge in [-0.3, -0.25) is 4.99 Å². The largest absolute Gasteiger partial charge is 0.493 e. The van der Waals surface area contributed by atoms with Gasteiger partial charge in [-0.05, 0) is 62.5 Å². The van der Waals surface area contributed by atoms with Crippen LogP contribution in [-0.4, -0.2) is 57.8 Å². The molecule has 0 radical (unpaired) electrons. The third-order valence-electron chi connectivity index (χ3n) is 4.95. The van der Waals surface area contributed by atoms with Gasteiger partial charge >= 0.3 is 6.61 Å². The molecule has 1 aliphatic rings. The van der Waals surface area contributed by atoms with E-state index in [1.54, 1.807) is 25.2 Å². The molecule has 0 atom stereocenters. The van der Waals surface area contributed by atoms with Crippen molar-refractivity contribution >= 4 is 5.96 Å². The van der Waals surface area contributed by atoms with E-state index in [1.807, 2.05) is 0 Å². The quantitative estimate of drug-likeness (QED) is 0.380. The van der Waals surface area contributed by atoms with Gasteiger partial charge in [-0.1, -0.05) is 13.0 Å². The van der Waals surface area contributed by atoms with Crippen molar-refractivity contribution in [3.05, 3.63) is 23.8 Å². The number of aliphatic imine (C=N–C) groups is 1. The first-order valence-corrected chi connectivity index (χ1v) is 9.80. The molecule has 8 heteroatoms. The number of nitrogens with one attached hydrogen (secondary N) is 2. The maximum absolute atomic E-state index is 12.5. The number of piperidine rings is 1. The molecule has 2 rings (SSSR count). The van der Waals surface area contributed by atoms with Crippen molar-refractivity contribution in [3.63, 3.8) is 0 Å². The minimum absolute atomic E-state index is 0.0237. The predicted octanol–water partition coefficient (Wildman–Crippen LogP) is 3.08. The number of ether oxygens (including phenoxy) is 2. The monoisotopic (exact) mass is 398 g/mol. The summed E-state index contributed by atoms with van der Waals surface area (Å²) in [5.74, 6) is 1.83. The number of hydrogen-bond acceptors (Lipinski definition) is 4. The molecule has 0 amide bonds. The van der Waals surface area contributed by atoms with Crippen molar-refractivity contribution in [2.24, 2.45) is 10.9 Å². The van der Waals surface area contributed by atoms with Crippen LogP contribution >= 0.6 is 0 Å². The predicted molar refractivity (Wildman–Crippen MR) is 107 cm³/mol. The summed E-state index contributed by atoms with van der Waals surface area (Å²) in [6.07, 6.45) is 3.62. The van der Waals surface area contributed by atoms with Gasteiger partial charge in [0.25, 0.3) is 0 Å². The molecule has 0 aliphatic carbocycles. The number of methoxy groups -OCH3 is 1. The fourth-order valence-corrected chi connectivity index (χ4v) is 3.22. The molecular weight excluding hydrogens is 366 g/mol. The molecule has 0 bridgehead atoms. The second-order valence-corrected chi connectivity index (χ2v) is 7.09. The maximum Gasteiger partial charge on any atom is 0.387 e. The zero-order chi connectivity index (χ0) is 20.4. The van der Waals surface area contributed by atoms with Crippen molar-refractivity contribution in [1.29, 1.82) is 0 Å².